The average Bonchev–Trinajstić information content (AvgIpc) is 2.91. The van der Waals surface area contributed by atoms with Crippen LogP contribution in [0, 0.1) is 0 Å². The molecule has 0 radical (unpaired) electrons. The molecule has 1 aliphatic rings. The second-order valence-electron chi connectivity index (χ2n) is 6.46. The molecule has 0 saturated heterocycles. The third-order valence-corrected chi connectivity index (χ3v) is 4.60. The Morgan fingerprint density at radius 2 is 1.77 bits per heavy atom. The summed E-state index contributed by atoms with van der Waals surface area (Å²) in [6, 6.07) is 12.5. The molecule has 2 aromatic carbocycles. The summed E-state index contributed by atoms with van der Waals surface area (Å²) in [5.74, 6) is 1.70. The predicted molar refractivity (Wildman–Crippen MR) is 100 cm³/mol. The van der Waals surface area contributed by atoms with E-state index in [0.717, 1.165) is 35.9 Å². The molecule has 6 nitrogen and oxygen atoms in total. The molecule has 0 atom stereocenters. The second kappa shape index (κ2) is 7.00. The first-order valence-electron chi connectivity index (χ1n) is 8.79. The van der Waals surface area contributed by atoms with Crippen molar-refractivity contribution in [2.24, 2.45) is 4.99 Å². The van der Waals surface area contributed by atoms with Crippen LogP contribution in [0.25, 0.3) is 11.4 Å². The van der Waals surface area contributed by atoms with Crippen LogP contribution in [-0.2, 0) is 13.0 Å². The minimum Gasteiger partial charge on any atom is -0.504 e. The van der Waals surface area contributed by atoms with Crippen molar-refractivity contribution in [1.82, 2.24) is 14.8 Å². The number of nitrogens with zero attached hydrogens (tertiary/aromatic N) is 4. The number of aliphatic imine (C=N–C) groups is 1. The van der Waals surface area contributed by atoms with Crippen molar-refractivity contribution in [3.8, 4) is 22.9 Å². The van der Waals surface area contributed by atoms with Crippen LogP contribution in [0.4, 0.5) is 5.69 Å². The first kappa shape index (κ1) is 16.3. The lowest BCUT2D eigenvalue weighted by Gasteiger charge is -2.07. The van der Waals surface area contributed by atoms with Crippen LogP contribution in [0.1, 0.15) is 30.7 Å². The summed E-state index contributed by atoms with van der Waals surface area (Å²) in [5.41, 5.74) is 2.55. The number of hydrogen-bond acceptors (Lipinski definition) is 5. The molecule has 2 N–H and O–H groups in total. The van der Waals surface area contributed by atoms with E-state index >= 15 is 0 Å². The number of rotatable bonds is 3. The summed E-state index contributed by atoms with van der Waals surface area (Å²) in [7, 11) is 0. The van der Waals surface area contributed by atoms with E-state index in [9.17, 15) is 10.2 Å². The summed E-state index contributed by atoms with van der Waals surface area (Å²) < 4.78 is 2.23. The number of fused-ring (bicyclic) bond motifs is 1. The average molecular weight is 348 g/mol. The van der Waals surface area contributed by atoms with Gasteiger partial charge in [-0.15, -0.1) is 10.2 Å². The van der Waals surface area contributed by atoms with Gasteiger partial charge in [-0.3, -0.25) is 4.99 Å². The van der Waals surface area contributed by atoms with E-state index < -0.39 is 0 Å². The summed E-state index contributed by atoms with van der Waals surface area (Å²) in [5, 5.41) is 27.6. The molecule has 0 spiro atoms. The number of phenolic OH excluding ortho intramolecular Hbond substituents is 2. The van der Waals surface area contributed by atoms with E-state index in [4.69, 9.17) is 0 Å². The van der Waals surface area contributed by atoms with Gasteiger partial charge in [-0.2, -0.15) is 0 Å². The summed E-state index contributed by atoms with van der Waals surface area (Å²) >= 11 is 0. The molecule has 0 amide bonds. The number of benzene rings is 2. The topological polar surface area (TPSA) is 83.5 Å². The Hall–Kier alpha value is -3.15. The molecular weight excluding hydrogens is 328 g/mol. The van der Waals surface area contributed by atoms with Crippen molar-refractivity contribution in [3.05, 3.63) is 53.9 Å². The Labute approximate surface area is 151 Å². The number of aryl methyl sites for hydroxylation is 1. The standard InChI is InChI=1S/C20H20N4O2/c25-17-10-5-14(12-18(17)26)13-21-16-8-6-15(7-9-16)20-23-22-19-4-2-1-3-11-24(19)20/h5-10,12-13,25-26H,1-4,11H2. The van der Waals surface area contributed by atoms with E-state index in [-0.39, 0.29) is 11.5 Å². The Bertz CT molecular complexity index is 945. The zero-order valence-corrected chi connectivity index (χ0v) is 14.3. The third kappa shape index (κ3) is 3.31. The van der Waals surface area contributed by atoms with Crippen LogP contribution >= 0.6 is 0 Å². The zero-order chi connectivity index (χ0) is 17.9. The van der Waals surface area contributed by atoms with Crippen molar-refractivity contribution in [2.45, 2.75) is 32.2 Å². The van der Waals surface area contributed by atoms with E-state index in [0.29, 0.717) is 5.56 Å². The quantitative estimate of drug-likeness (QED) is 0.556. The van der Waals surface area contributed by atoms with Gasteiger partial charge in [0.05, 0.1) is 5.69 Å². The Balaban J connectivity index is 1.54. The van der Waals surface area contributed by atoms with Crippen LogP contribution in [0.5, 0.6) is 11.5 Å². The lowest BCUT2D eigenvalue weighted by molar-refractivity contribution is 0.403. The number of phenols is 2. The van der Waals surface area contributed by atoms with E-state index in [1.165, 1.54) is 31.4 Å². The normalized spacial score (nSPS) is 14.3. The van der Waals surface area contributed by atoms with Crippen LogP contribution in [0.2, 0.25) is 0 Å². The highest BCUT2D eigenvalue weighted by Gasteiger charge is 2.15. The van der Waals surface area contributed by atoms with Gasteiger partial charge in [0.2, 0.25) is 0 Å². The van der Waals surface area contributed by atoms with Gasteiger partial charge in [0.1, 0.15) is 5.82 Å². The molecule has 3 aromatic rings. The molecular formula is C20H20N4O2. The van der Waals surface area contributed by atoms with Crippen LogP contribution in [0.3, 0.4) is 0 Å². The molecule has 1 aliphatic heterocycles. The highest BCUT2D eigenvalue weighted by atomic mass is 16.3. The van der Waals surface area contributed by atoms with E-state index in [2.05, 4.69) is 19.8 Å². The Kier molecular flexibility index (Phi) is 4.39. The number of aromatic nitrogens is 3. The fourth-order valence-electron chi connectivity index (χ4n) is 3.16. The van der Waals surface area contributed by atoms with Crippen molar-refractivity contribution < 1.29 is 10.2 Å². The van der Waals surface area contributed by atoms with Gasteiger partial charge >= 0.3 is 0 Å². The summed E-state index contributed by atoms with van der Waals surface area (Å²) in [6.07, 6.45) is 6.23. The largest absolute Gasteiger partial charge is 0.504 e. The summed E-state index contributed by atoms with van der Waals surface area (Å²) in [4.78, 5) is 4.41. The molecule has 0 aliphatic carbocycles. The molecule has 1 aromatic heterocycles. The Morgan fingerprint density at radius 3 is 2.58 bits per heavy atom. The second-order valence-corrected chi connectivity index (χ2v) is 6.46. The molecule has 0 fully saturated rings. The molecule has 0 bridgehead atoms. The highest BCUT2D eigenvalue weighted by Crippen LogP contribution is 2.26. The van der Waals surface area contributed by atoms with Gasteiger partial charge in [-0.1, -0.05) is 6.42 Å². The number of aromatic hydroxyl groups is 2. The smallest absolute Gasteiger partial charge is 0.163 e. The van der Waals surface area contributed by atoms with Crippen molar-refractivity contribution in [1.29, 1.82) is 0 Å². The van der Waals surface area contributed by atoms with Crippen molar-refractivity contribution in [3.63, 3.8) is 0 Å². The maximum absolute atomic E-state index is 9.53. The lowest BCUT2D eigenvalue weighted by Crippen LogP contribution is -2.02. The van der Waals surface area contributed by atoms with Crippen LogP contribution in [-0.4, -0.2) is 31.2 Å². The number of hydrogen-bond donors (Lipinski definition) is 2. The maximum Gasteiger partial charge on any atom is 0.163 e. The van der Waals surface area contributed by atoms with Crippen molar-refractivity contribution in [2.75, 3.05) is 0 Å². The molecule has 0 unspecified atom stereocenters. The first-order valence-corrected chi connectivity index (χ1v) is 8.79. The first-order chi connectivity index (χ1) is 12.7. The molecule has 26 heavy (non-hydrogen) atoms. The monoisotopic (exact) mass is 348 g/mol. The van der Waals surface area contributed by atoms with Gasteiger partial charge in [-0.05, 0) is 60.9 Å². The van der Waals surface area contributed by atoms with Crippen LogP contribution < -0.4 is 0 Å². The summed E-state index contributed by atoms with van der Waals surface area (Å²) in [6.45, 7) is 0.974. The molecule has 2 heterocycles. The fraction of sp³-hybridized carbons (Fsp3) is 0.250. The predicted octanol–water partition coefficient (Wildman–Crippen LogP) is 3.83. The fourth-order valence-corrected chi connectivity index (χ4v) is 3.16. The van der Waals surface area contributed by atoms with E-state index in [1.54, 1.807) is 12.3 Å². The minimum atomic E-state index is -0.156. The molecule has 4 rings (SSSR count). The minimum absolute atomic E-state index is 0.140. The van der Waals surface area contributed by atoms with Gasteiger partial charge in [-0.25, -0.2) is 0 Å². The Morgan fingerprint density at radius 1 is 0.923 bits per heavy atom. The maximum atomic E-state index is 9.53. The van der Waals surface area contributed by atoms with Gasteiger partial charge < -0.3 is 14.8 Å². The van der Waals surface area contributed by atoms with Gasteiger partial charge in [0.25, 0.3) is 0 Å². The lowest BCUT2D eigenvalue weighted by atomic mass is 10.2. The van der Waals surface area contributed by atoms with Crippen molar-refractivity contribution >= 4 is 11.9 Å². The molecule has 132 valence electrons. The third-order valence-electron chi connectivity index (χ3n) is 4.60. The van der Waals surface area contributed by atoms with Gasteiger partial charge in [0.15, 0.2) is 17.3 Å². The van der Waals surface area contributed by atoms with Crippen LogP contribution in [0.15, 0.2) is 47.5 Å². The highest BCUT2D eigenvalue weighted by molar-refractivity contribution is 5.83. The molecule has 6 heteroatoms. The zero-order valence-electron chi connectivity index (χ0n) is 14.3. The molecule has 0 saturated carbocycles. The SMILES string of the molecule is Oc1ccc(C=Nc2ccc(-c3nnc4n3CCCCC4)cc2)cc1O. The van der Waals surface area contributed by atoms with Gasteiger partial charge in [0, 0.05) is 24.7 Å². The van der Waals surface area contributed by atoms with E-state index in [1.807, 2.05) is 24.3 Å².